The van der Waals surface area contributed by atoms with E-state index in [1.807, 2.05) is 20.8 Å². The molecule has 4 nitrogen and oxygen atoms in total. The summed E-state index contributed by atoms with van der Waals surface area (Å²) in [4.78, 5) is 14.1. The van der Waals surface area contributed by atoms with Gasteiger partial charge < -0.3 is 14.4 Å². The quantitative estimate of drug-likeness (QED) is 0.629. The first-order chi connectivity index (χ1) is 12.3. The Balaban J connectivity index is 2.03. The molecule has 1 heterocycles. The molecular weight excluding hydrogens is 333 g/mol. The third-order valence-electron chi connectivity index (χ3n) is 4.55. The van der Waals surface area contributed by atoms with Crippen molar-refractivity contribution in [2.75, 3.05) is 19.7 Å². The van der Waals surface area contributed by atoms with Gasteiger partial charge in [-0.15, -0.1) is 0 Å². The van der Waals surface area contributed by atoms with Gasteiger partial charge in [0, 0.05) is 19.1 Å². The molecule has 26 heavy (non-hydrogen) atoms. The van der Waals surface area contributed by atoms with E-state index in [0.29, 0.717) is 19.7 Å². The van der Waals surface area contributed by atoms with E-state index in [1.54, 1.807) is 17.0 Å². The van der Waals surface area contributed by atoms with Crippen LogP contribution in [0.1, 0.15) is 64.9 Å². The van der Waals surface area contributed by atoms with Crippen LogP contribution in [0, 0.1) is 5.82 Å². The topological polar surface area (TPSA) is 38.8 Å². The number of ether oxygens (including phenoxy) is 2. The highest BCUT2D eigenvalue weighted by Crippen LogP contribution is 2.31. The Morgan fingerprint density at radius 1 is 1.15 bits per heavy atom. The first-order valence-corrected chi connectivity index (χ1v) is 9.65. The van der Waals surface area contributed by atoms with Gasteiger partial charge in [-0.1, -0.05) is 38.3 Å². The zero-order valence-corrected chi connectivity index (χ0v) is 16.5. The van der Waals surface area contributed by atoms with Crippen molar-refractivity contribution in [2.45, 2.75) is 71.0 Å². The number of carbonyl (C=O) groups is 1. The van der Waals surface area contributed by atoms with Gasteiger partial charge in [0.15, 0.2) is 0 Å². The van der Waals surface area contributed by atoms with Crippen LogP contribution in [0.2, 0.25) is 0 Å². The van der Waals surface area contributed by atoms with Crippen molar-refractivity contribution in [3.63, 3.8) is 0 Å². The lowest BCUT2D eigenvalue weighted by molar-refractivity contribution is 0.0198. The Labute approximate surface area is 156 Å². The molecule has 2 atom stereocenters. The fourth-order valence-electron chi connectivity index (χ4n) is 3.21. The Morgan fingerprint density at radius 2 is 1.85 bits per heavy atom. The van der Waals surface area contributed by atoms with Gasteiger partial charge in [-0.25, -0.2) is 9.18 Å². The van der Waals surface area contributed by atoms with Crippen molar-refractivity contribution >= 4 is 6.09 Å². The van der Waals surface area contributed by atoms with Crippen molar-refractivity contribution in [3.05, 3.63) is 35.6 Å². The molecule has 2 rings (SSSR count). The monoisotopic (exact) mass is 365 g/mol. The maximum absolute atomic E-state index is 13.3. The first-order valence-electron chi connectivity index (χ1n) is 9.65. The lowest BCUT2D eigenvalue weighted by Crippen LogP contribution is -2.36. The Bertz CT molecular complexity index is 568. The maximum Gasteiger partial charge on any atom is 0.410 e. The summed E-state index contributed by atoms with van der Waals surface area (Å²) < 4.78 is 24.9. The lowest BCUT2D eigenvalue weighted by atomic mass is 9.96. The smallest absolute Gasteiger partial charge is 0.410 e. The second-order valence-corrected chi connectivity index (χ2v) is 8.01. The molecule has 0 N–H and O–H groups in total. The first kappa shape index (κ1) is 20.7. The van der Waals surface area contributed by atoms with E-state index in [-0.39, 0.29) is 23.9 Å². The number of carbonyl (C=O) groups excluding carboxylic acids is 1. The number of benzene rings is 1. The maximum atomic E-state index is 13.3. The van der Waals surface area contributed by atoms with Crippen LogP contribution in [0.4, 0.5) is 9.18 Å². The lowest BCUT2D eigenvalue weighted by Gasteiger charge is -2.24. The molecule has 5 heteroatoms. The van der Waals surface area contributed by atoms with Crippen molar-refractivity contribution < 1.29 is 18.7 Å². The molecule has 0 radical (unpaired) electrons. The highest BCUT2D eigenvalue weighted by molar-refractivity contribution is 5.69. The SMILES string of the molecule is CCCCCCOC1CN(C(=O)OC(C)(C)C)CC1c1ccc(F)cc1. The molecule has 1 fully saturated rings. The number of hydrogen-bond acceptors (Lipinski definition) is 3. The van der Waals surface area contributed by atoms with Crippen LogP contribution < -0.4 is 0 Å². The third-order valence-corrected chi connectivity index (χ3v) is 4.55. The number of likely N-dealkylation sites (tertiary alicyclic amines) is 1. The van der Waals surface area contributed by atoms with Crippen LogP contribution in [0.3, 0.4) is 0 Å². The van der Waals surface area contributed by atoms with Crippen molar-refractivity contribution in [3.8, 4) is 0 Å². The minimum atomic E-state index is -0.526. The minimum absolute atomic E-state index is 0.0364. The Kier molecular flexibility index (Phi) is 7.44. The number of halogens is 1. The van der Waals surface area contributed by atoms with Gasteiger partial charge in [0.05, 0.1) is 12.6 Å². The Morgan fingerprint density at radius 3 is 2.46 bits per heavy atom. The molecule has 1 aliphatic rings. The molecule has 0 spiro atoms. The summed E-state index contributed by atoms with van der Waals surface area (Å²) in [6.45, 7) is 9.48. The fourth-order valence-corrected chi connectivity index (χ4v) is 3.21. The van der Waals surface area contributed by atoms with Gasteiger partial charge >= 0.3 is 6.09 Å². The van der Waals surface area contributed by atoms with Gasteiger partial charge in [-0.05, 0) is 44.9 Å². The van der Waals surface area contributed by atoms with Crippen molar-refractivity contribution in [1.82, 2.24) is 4.90 Å². The second kappa shape index (κ2) is 9.36. The summed E-state index contributed by atoms with van der Waals surface area (Å²) >= 11 is 0. The zero-order chi connectivity index (χ0) is 19.2. The van der Waals surface area contributed by atoms with E-state index in [2.05, 4.69) is 6.92 Å². The number of nitrogens with zero attached hydrogens (tertiary/aromatic N) is 1. The zero-order valence-electron chi connectivity index (χ0n) is 16.5. The molecule has 1 aromatic carbocycles. The molecule has 1 saturated heterocycles. The standard InChI is InChI=1S/C21H32FNO3/c1-5-6-7-8-13-25-19-15-23(20(24)26-21(2,3)4)14-18(19)16-9-11-17(22)12-10-16/h9-12,18-19H,5-8,13-15H2,1-4H3. The number of hydrogen-bond donors (Lipinski definition) is 0. The van der Waals surface area contributed by atoms with Gasteiger partial charge in [-0.2, -0.15) is 0 Å². The second-order valence-electron chi connectivity index (χ2n) is 8.01. The number of amides is 1. The van der Waals surface area contributed by atoms with Gasteiger partial charge in [0.1, 0.15) is 11.4 Å². The van der Waals surface area contributed by atoms with Crippen LogP contribution in [-0.4, -0.2) is 42.4 Å². The molecule has 146 valence electrons. The van der Waals surface area contributed by atoms with Crippen LogP contribution in [0.15, 0.2) is 24.3 Å². The molecular formula is C21H32FNO3. The predicted molar refractivity (Wildman–Crippen MR) is 101 cm³/mol. The molecule has 0 bridgehead atoms. The molecule has 1 aliphatic heterocycles. The van der Waals surface area contributed by atoms with Gasteiger partial charge in [-0.3, -0.25) is 0 Å². The average molecular weight is 365 g/mol. The minimum Gasteiger partial charge on any atom is -0.444 e. The van der Waals surface area contributed by atoms with E-state index >= 15 is 0 Å². The molecule has 1 amide bonds. The summed E-state index contributed by atoms with van der Waals surface area (Å²) in [5, 5.41) is 0. The summed E-state index contributed by atoms with van der Waals surface area (Å²) in [6, 6.07) is 6.49. The molecule has 2 unspecified atom stereocenters. The Hall–Kier alpha value is -1.62. The average Bonchev–Trinajstić information content (AvgIpc) is 2.98. The van der Waals surface area contributed by atoms with Crippen LogP contribution in [-0.2, 0) is 9.47 Å². The molecule has 0 saturated carbocycles. The van der Waals surface area contributed by atoms with Crippen molar-refractivity contribution in [1.29, 1.82) is 0 Å². The summed E-state index contributed by atoms with van der Waals surface area (Å²) in [6.07, 6.45) is 4.16. The van der Waals surface area contributed by atoms with E-state index < -0.39 is 5.60 Å². The molecule has 0 aliphatic carbocycles. The summed E-state index contributed by atoms with van der Waals surface area (Å²) in [7, 11) is 0. The normalized spacial score (nSPS) is 20.4. The van der Waals surface area contributed by atoms with Crippen molar-refractivity contribution in [2.24, 2.45) is 0 Å². The number of rotatable bonds is 7. The highest BCUT2D eigenvalue weighted by Gasteiger charge is 2.38. The van der Waals surface area contributed by atoms with Gasteiger partial charge in [0.25, 0.3) is 0 Å². The third kappa shape index (κ3) is 6.27. The van der Waals surface area contributed by atoms with Crippen LogP contribution in [0.5, 0.6) is 0 Å². The number of unbranched alkanes of at least 4 members (excludes halogenated alkanes) is 3. The fraction of sp³-hybridized carbons (Fsp3) is 0.667. The van der Waals surface area contributed by atoms with E-state index in [0.717, 1.165) is 18.4 Å². The largest absolute Gasteiger partial charge is 0.444 e. The summed E-state index contributed by atoms with van der Waals surface area (Å²) in [5.74, 6) is -0.220. The van der Waals surface area contributed by atoms with E-state index in [1.165, 1.54) is 25.0 Å². The highest BCUT2D eigenvalue weighted by atomic mass is 19.1. The van der Waals surface area contributed by atoms with Gasteiger partial charge in [0.2, 0.25) is 0 Å². The van der Waals surface area contributed by atoms with E-state index in [9.17, 15) is 9.18 Å². The predicted octanol–water partition coefficient (Wildman–Crippen LogP) is 5.13. The van der Waals surface area contributed by atoms with E-state index in [4.69, 9.17) is 9.47 Å². The van der Waals surface area contributed by atoms with Crippen LogP contribution in [0.25, 0.3) is 0 Å². The molecule has 1 aromatic rings. The van der Waals surface area contributed by atoms with Crippen LogP contribution >= 0.6 is 0 Å². The summed E-state index contributed by atoms with van der Waals surface area (Å²) in [5.41, 5.74) is 0.470. The molecule has 0 aromatic heterocycles.